The zero-order valence-corrected chi connectivity index (χ0v) is 20.5. The Morgan fingerprint density at radius 2 is 1.97 bits per heavy atom. The molecule has 0 atom stereocenters. The van der Waals surface area contributed by atoms with Crippen LogP contribution in [0.25, 0.3) is 23.0 Å². The Bertz CT molecular complexity index is 1250. The molecule has 1 aliphatic rings. The third kappa shape index (κ3) is 4.79. The van der Waals surface area contributed by atoms with Gasteiger partial charge in [-0.3, -0.25) is 9.69 Å². The minimum atomic E-state index is -0.0669. The molecular formula is C26H25N3O2S2. The summed E-state index contributed by atoms with van der Waals surface area (Å²) in [5.41, 5.74) is 4.52. The highest BCUT2D eigenvalue weighted by Gasteiger charge is 2.34. The van der Waals surface area contributed by atoms with E-state index in [4.69, 9.17) is 22.1 Å². The molecule has 0 saturated carbocycles. The van der Waals surface area contributed by atoms with Crippen molar-refractivity contribution in [3.8, 4) is 22.7 Å². The number of hydrogen-bond donors (Lipinski definition) is 0. The van der Waals surface area contributed by atoms with Gasteiger partial charge in [-0.2, -0.15) is 5.10 Å². The maximum absolute atomic E-state index is 13.0. The molecular weight excluding hydrogens is 450 g/mol. The lowest BCUT2D eigenvalue weighted by Crippen LogP contribution is -2.34. The number of thioether (sulfide) groups is 1. The van der Waals surface area contributed by atoms with Gasteiger partial charge in [0.15, 0.2) is 0 Å². The number of amides is 1. The van der Waals surface area contributed by atoms with E-state index in [1.807, 2.05) is 86.3 Å². The van der Waals surface area contributed by atoms with Crippen molar-refractivity contribution in [1.82, 2.24) is 14.7 Å². The van der Waals surface area contributed by atoms with Crippen molar-refractivity contribution in [3.63, 3.8) is 0 Å². The molecule has 4 rings (SSSR count). The highest BCUT2D eigenvalue weighted by molar-refractivity contribution is 8.26. The van der Waals surface area contributed by atoms with Crippen LogP contribution in [0, 0.1) is 6.92 Å². The third-order valence-electron chi connectivity index (χ3n) is 5.19. The molecule has 7 heteroatoms. The first-order valence-corrected chi connectivity index (χ1v) is 11.9. The molecule has 5 nitrogen and oxygen atoms in total. The SMILES string of the molecule is C=CCOc1ccc(-c2nn(-c3ccccc3)cc2/C=C2\SC(=S)N(C(C)C)C2=O)cc1C. The van der Waals surface area contributed by atoms with Gasteiger partial charge < -0.3 is 4.74 Å². The largest absolute Gasteiger partial charge is 0.489 e. The number of ether oxygens (including phenoxy) is 1. The fourth-order valence-electron chi connectivity index (χ4n) is 3.60. The summed E-state index contributed by atoms with van der Waals surface area (Å²) in [4.78, 5) is 15.2. The van der Waals surface area contributed by atoms with Gasteiger partial charge in [0.1, 0.15) is 22.4 Å². The molecule has 2 heterocycles. The summed E-state index contributed by atoms with van der Waals surface area (Å²) in [5, 5.41) is 4.87. The predicted octanol–water partition coefficient (Wildman–Crippen LogP) is 6.02. The van der Waals surface area contributed by atoms with Gasteiger partial charge in [-0.05, 0) is 62.7 Å². The van der Waals surface area contributed by atoms with Crippen molar-refractivity contribution in [2.24, 2.45) is 0 Å². The highest BCUT2D eigenvalue weighted by Crippen LogP contribution is 2.36. The average Bonchev–Trinajstić information content (AvgIpc) is 3.34. The van der Waals surface area contributed by atoms with Crippen LogP contribution < -0.4 is 4.74 Å². The Morgan fingerprint density at radius 1 is 1.21 bits per heavy atom. The molecule has 1 amide bonds. The second-order valence-electron chi connectivity index (χ2n) is 7.94. The number of aromatic nitrogens is 2. The maximum atomic E-state index is 13.0. The minimum Gasteiger partial charge on any atom is -0.489 e. The Balaban J connectivity index is 1.79. The van der Waals surface area contributed by atoms with E-state index in [2.05, 4.69) is 6.58 Å². The van der Waals surface area contributed by atoms with Crippen molar-refractivity contribution < 1.29 is 9.53 Å². The number of thiocarbonyl (C=S) groups is 1. The summed E-state index contributed by atoms with van der Waals surface area (Å²) < 4.78 is 8.14. The standard InChI is InChI=1S/C26H25N3O2S2/c1-5-13-31-22-12-11-19(14-18(22)4)24-20(16-28(27-24)21-9-7-6-8-10-21)15-23-25(30)29(17(2)3)26(32)33-23/h5-12,14-17H,1,13H2,2-4H3/b23-15-. The first kappa shape index (κ1) is 23.0. The van der Waals surface area contributed by atoms with Gasteiger partial charge in [-0.15, -0.1) is 0 Å². The van der Waals surface area contributed by atoms with Crippen LogP contribution in [-0.2, 0) is 4.79 Å². The molecule has 2 aromatic carbocycles. The normalized spacial score (nSPS) is 15.0. The summed E-state index contributed by atoms with van der Waals surface area (Å²) in [6.07, 6.45) is 5.56. The number of nitrogens with zero attached hydrogens (tertiary/aromatic N) is 3. The topological polar surface area (TPSA) is 47.4 Å². The predicted molar refractivity (Wildman–Crippen MR) is 140 cm³/mol. The first-order valence-electron chi connectivity index (χ1n) is 10.7. The summed E-state index contributed by atoms with van der Waals surface area (Å²) in [5.74, 6) is 0.739. The van der Waals surface area contributed by atoms with Crippen LogP contribution in [0.2, 0.25) is 0 Å². The Kier molecular flexibility index (Phi) is 6.81. The van der Waals surface area contributed by atoms with Crippen LogP contribution in [-0.4, -0.2) is 37.6 Å². The van der Waals surface area contributed by atoms with Crippen LogP contribution in [0.15, 0.2) is 72.3 Å². The van der Waals surface area contributed by atoms with E-state index in [9.17, 15) is 4.79 Å². The van der Waals surface area contributed by atoms with E-state index in [-0.39, 0.29) is 11.9 Å². The van der Waals surface area contributed by atoms with Crippen molar-refractivity contribution in [3.05, 3.63) is 83.4 Å². The Labute approximate surface area is 203 Å². The number of carbonyl (C=O) groups excluding carboxylic acids is 1. The van der Waals surface area contributed by atoms with E-state index in [1.165, 1.54) is 11.8 Å². The molecule has 168 valence electrons. The molecule has 0 radical (unpaired) electrons. The summed E-state index contributed by atoms with van der Waals surface area (Å²) >= 11 is 6.78. The van der Waals surface area contributed by atoms with Crippen molar-refractivity contribution in [2.45, 2.75) is 26.8 Å². The van der Waals surface area contributed by atoms with Crippen LogP contribution in [0.4, 0.5) is 0 Å². The second-order valence-corrected chi connectivity index (χ2v) is 9.61. The van der Waals surface area contributed by atoms with E-state index < -0.39 is 0 Å². The number of hydrogen-bond acceptors (Lipinski definition) is 5. The summed E-state index contributed by atoms with van der Waals surface area (Å²) in [7, 11) is 0. The van der Waals surface area contributed by atoms with Gasteiger partial charge in [0.25, 0.3) is 5.91 Å². The molecule has 0 aliphatic carbocycles. The van der Waals surface area contributed by atoms with Crippen LogP contribution >= 0.6 is 24.0 Å². The van der Waals surface area contributed by atoms with Crippen molar-refractivity contribution >= 4 is 40.3 Å². The summed E-state index contributed by atoms with van der Waals surface area (Å²) in [6.45, 7) is 10.1. The van der Waals surface area contributed by atoms with Gasteiger partial charge in [-0.1, -0.05) is 54.8 Å². The van der Waals surface area contributed by atoms with E-state index in [0.29, 0.717) is 15.8 Å². The van der Waals surface area contributed by atoms with E-state index in [0.717, 1.165) is 33.8 Å². The van der Waals surface area contributed by atoms with Crippen LogP contribution in [0.3, 0.4) is 0 Å². The number of benzene rings is 2. The van der Waals surface area contributed by atoms with Gasteiger partial charge >= 0.3 is 0 Å². The number of carbonyl (C=O) groups is 1. The lowest BCUT2D eigenvalue weighted by Gasteiger charge is -2.18. The lowest BCUT2D eigenvalue weighted by molar-refractivity contribution is -0.123. The molecule has 0 spiro atoms. The highest BCUT2D eigenvalue weighted by atomic mass is 32.2. The fourth-order valence-corrected chi connectivity index (χ4v) is 5.12. The smallest absolute Gasteiger partial charge is 0.266 e. The first-order chi connectivity index (χ1) is 15.9. The second kappa shape index (κ2) is 9.77. The summed E-state index contributed by atoms with van der Waals surface area (Å²) in [6, 6.07) is 15.9. The molecule has 1 saturated heterocycles. The van der Waals surface area contributed by atoms with Crippen molar-refractivity contribution in [2.75, 3.05) is 6.61 Å². The Morgan fingerprint density at radius 3 is 2.61 bits per heavy atom. The average molecular weight is 476 g/mol. The van der Waals surface area contributed by atoms with Crippen LogP contribution in [0.5, 0.6) is 5.75 Å². The molecule has 0 bridgehead atoms. The Hall–Kier alpha value is -3.16. The molecule has 1 aromatic heterocycles. The molecule has 0 unspecified atom stereocenters. The van der Waals surface area contributed by atoms with Gasteiger partial charge in [-0.25, -0.2) is 4.68 Å². The van der Waals surface area contributed by atoms with E-state index >= 15 is 0 Å². The zero-order valence-electron chi connectivity index (χ0n) is 18.8. The minimum absolute atomic E-state index is 0.0145. The molecule has 1 aliphatic heterocycles. The third-order valence-corrected chi connectivity index (χ3v) is 6.53. The number of para-hydroxylation sites is 1. The van der Waals surface area contributed by atoms with Gasteiger partial charge in [0.2, 0.25) is 0 Å². The zero-order chi connectivity index (χ0) is 23.5. The van der Waals surface area contributed by atoms with E-state index in [1.54, 1.807) is 11.0 Å². The van der Waals surface area contributed by atoms with Crippen LogP contribution in [0.1, 0.15) is 25.0 Å². The molecule has 3 aromatic rings. The van der Waals surface area contributed by atoms with Crippen molar-refractivity contribution in [1.29, 1.82) is 0 Å². The quantitative estimate of drug-likeness (QED) is 0.237. The van der Waals surface area contributed by atoms with Gasteiger partial charge in [0, 0.05) is 23.4 Å². The fraction of sp³-hybridized carbons (Fsp3) is 0.192. The van der Waals surface area contributed by atoms with Gasteiger partial charge in [0.05, 0.1) is 10.6 Å². The maximum Gasteiger partial charge on any atom is 0.266 e. The molecule has 0 N–H and O–H groups in total. The lowest BCUT2D eigenvalue weighted by atomic mass is 10.0. The molecule has 1 fully saturated rings. The number of aryl methyl sites for hydroxylation is 1. The number of rotatable bonds is 7. The monoisotopic (exact) mass is 475 g/mol. The molecule has 33 heavy (non-hydrogen) atoms.